The molecule has 0 aromatic carbocycles. The highest BCUT2D eigenvalue weighted by Crippen LogP contribution is 2.19. The molecule has 1 aromatic heterocycles. The van der Waals surface area contributed by atoms with Crippen LogP contribution in [-0.2, 0) is 0 Å². The number of carbonyl (C=O) groups is 1. The fraction of sp³-hybridized carbons (Fsp3) is 0.583. The van der Waals surface area contributed by atoms with E-state index in [1.165, 1.54) is 0 Å². The molecule has 0 atom stereocenters. The predicted octanol–water partition coefficient (Wildman–Crippen LogP) is 1.21. The molecule has 1 amide bonds. The fourth-order valence-electron chi connectivity index (χ4n) is 1.65. The lowest BCUT2D eigenvalue weighted by molar-refractivity contribution is 0.0945. The molecule has 0 radical (unpaired) electrons. The Morgan fingerprint density at radius 3 is 2.53 bits per heavy atom. The van der Waals surface area contributed by atoms with E-state index in [2.05, 4.69) is 34.3 Å². The second-order valence-electron chi connectivity index (χ2n) is 4.20. The Morgan fingerprint density at radius 1 is 1.35 bits per heavy atom. The maximum absolute atomic E-state index is 11.7. The minimum absolute atomic E-state index is 0.119. The van der Waals surface area contributed by atoms with Crippen molar-refractivity contribution in [3.05, 3.63) is 17.8 Å². The van der Waals surface area contributed by atoms with Crippen LogP contribution in [0.4, 0.5) is 5.82 Å². The van der Waals surface area contributed by atoms with Crippen LogP contribution in [0.25, 0.3) is 0 Å². The van der Waals surface area contributed by atoms with Crippen molar-refractivity contribution in [1.29, 1.82) is 0 Å². The van der Waals surface area contributed by atoms with Gasteiger partial charge in [0.15, 0.2) is 11.5 Å². The number of amides is 1. The Hall–Kier alpha value is -1.65. The summed E-state index contributed by atoms with van der Waals surface area (Å²) < 4.78 is 0. The molecular formula is C12H18N4O. The molecule has 0 spiro atoms. The van der Waals surface area contributed by atoms with Gasteiger partial charge in [0.25, 0.3) is 5.91 Å². The maximum atomic E-state index is 11.7. The Morgan fingerprint density at radius 2 is 2.06 bits per heavy atom. The topological polar surface area (TPSA) is 58.1 Å². The molecule has 0 unspecified atom stereocenters. The van der Waals surface area contributed by atoms with Crippen molar-refractivity contribution >= 4 is 11.7 Å². The van der Waals surface area contributed by atoms with Crippen LogP contribution >= 0.6 is 0 Å². The summed E-state index contributed by atoms with van der Waals surface area (Å²) in [6, 6.07) is 3.94. The summed E-state index contributed by atoms with van der Waals surface area (Å²) in [6.45, 7) is 5.91. The van der Waals surface area contributed by atoms with Gasteiger partial charge in [-0.15, -0.1) is 10.2 Å². The molecule has 1 N–H and O–H groups in total. The molecule has 1 heterocycles. The van der Waals surface area contributed by atoms with Crippen LogP contribution in [0.1, 0.15) is 37.2 Å². The van der Waals surface area contributed by atoms with Crippen LogP contribution in [0.3, 0.4) is 0 Å². The number of hydrogen-bond acceptors (Lipinski definition) is 4. The summed E-state index contributed by atoms with van der Waals surface area (Å²) in [7, 11) is 0. The number of hydrogen-bond donors (Lipinski definition) is 1. The molecule has 1 aromatic rings. The van der Waals surface area contributed by atoms with Crippen LogP contribution < -0.4 is 10.2 Å². The first-order chi connectivity index (χ1) is 8.24. The van der Waals surface area contributed by atoms with Gasteiger partial charge in [0.2, 0.25) is 0 Å². The van der Waals surface area contributed by atoms with Crippen LogP contribution in [0.5, 0.6) is 0 Å². The molecule has 1 aliphatic carbocycles. The highest BCUT2D eigenvalue weighted by atomic mass is 16.2. The van der Waals surface area contributed by atoms with Crippen LogP contribution in [-0.4, -0.2) is 35.2 Å². The quantitative estimate of drug-likeness (QED) is 0.832. The molecular weight excluding hydrogens is 216 g/mol. The van der Waals surface area contributed by atoms with E-state index in [9.17, 15) is 4.79 Å². The zero-order valence-corrected chi connectivity index (χ0v) is 10.3. The predicted molar refractivity (Wildman–Crippen MR) is 66.1 cm³/mol. The minimum atomic E-state index is -0.119. The molecule has 1 fully saturated rings. The van der Waals surface area contributed by atoms with Crippen molar-refractivity contribution in [2.75, 3.05) is 18.0 Å². The third-order valence-electron chi connectivity index (χ3n) is 2.88. The number of carbonyl (C=O) groups excluding carboxylic acids is 1. The third-order valence-corrected chi connectivity index (χ3v) is 2.88. The van der Waals surface area contributed by atoms with Crippen molar-refractivity contribution in [2.45, 2.75) is 32.7 Å². The van der Waals surface area contributed by atoms with Gasteiger partial charge in [-0.2, -0.15) is 0 Å². The van der Waals surface area contributed by atoms with Gasteiger partial charge >= 0.3 is 0 Å². The smallest absolute Gasteiger partial charge is 0.272 e. The Labute approximate surface area is 101 Å². The van der Waals surface area contributed by atoms with E-state index in [4.69, 9.17) is 0 Å². The molecule has 17 heavy (non-hydrogen) atoms. The highest BCUT2D eigenvalue weighted by molar-refractivity contribution is 5.92. The zero-order chi connectivity index (χ0) is 12.3. The number of rotatable bonds is 5. The summed E-state index contributed by atoms with van der Waals surface area (Å²) in [5, 5.41) is 10.9. The first-order valence-electron chi connectivity index (χ1n) is 6.14. The average molecular weight is 234 g/mol. The molecule has 1 saturated carbocycles. The SMILES string of the molecule is CCN(CC)c1ccc(C(=O)NC2CC2)nn1. The van der Waals surface area contributed by atoms with Gasteiger partial charge in [-0.05, 0) is 38.8 Å². The van der Waals surface area contributed by atoms with Crippen molar-refractivity contribution in [3.8, 4) is 0 Å². The molecule has 2 rings (SSSR count). The molecule has 0 bridgehead atoms. The number of aromatic nitrogens is 2. The van der Waals surface area contributed by atoms with Crippen molar-refractivity contribution < 1.29 is 4.79 Å². The zero-order valence-electron chi connectivity index (χ0n) is 10.3. The third kappa shape index (κ3) is 2.93. The van der Waals surface area contributed by atoms with Crippen molar-refractivity contribution in [2.24, 2.45) is 0 Å². The van der Waals surface area contributed by atoms with Gasteiger partial charge in [0.05, 0.1) is 0 Å². The van der Waals surface area contributed by atoms with Crippen LogP contribution in [0, 0.1) is 0 Å². The second-order valence-corrected chi connectivity index (χ2v) is 4.20. The molecule has 0 saturated heterocycles. The molecule has 1 aliphatic rings. The van der Waals surface area contributed by atoms with Gasteiger partial charge in [-0.1, -0.05) is 0 Å². The highest BCUT2D eigenvalue weighted by Gasteiger charge is 2.24. The van der Waals surface area contributed by atoms with Gasteiger partial charge < -0.3 is 10.2 Å². The lowest BCUT2D eigenvalue weighted by atomic mass is 10.3. The largest absolute Gasteiger partial charge is 0.356 e. The maximum Gasteiger partial charge on any atom is 0.272 e. The molecule has 0 aliphatic heterocycles. The number of nitrogens with one attached hydrogen (secondary N) is 1. The summed E-state index contributed by atoms with van der Waals surface area (Å²) in [5.74, 6) is 0.698. The van der Waals surface area contributed by atoms with E-state index >= 15 is 0 Å². The van der Waals surface area contributed by atoms with E-state index < -0.39 is 0 Å². The standard InChI is InChI=1S/C12H18N4O/c1-3-16(4-2)11-8-7-10(14-15-11)12(17)13-9-5-6-9/h7-9H,3-6H2,1-2H3,(H,13,17). The fourth-order valence-corrected chi connectivity index (χ4v) is 1.65. The van der Waals surface area contributed by atoms with E-state index in [1.54, 1.807) is 6.07 Å². The van der Waals surface area contributed by atoms with Crippen molar-refractivity contribution in [1.82, 2.24) is 15.5 Å². The second kappa shape index (κ2) is 5.12. The first kappa shape index (κ1) is 11.8. The monoisotopic (exact) mass is 234 g/mol. The van der Waals surface area contributed by atoms with Gasteiger partial charge in [-0.3, -0.25) is 4.79 Å². The summed E-state index contributed by atoms with van der Waals surface area (Å²) >= 11 is 0. The van der Waals surface area contributed by atoms with Gasteiger partial charge in [0.1, 0.15) is 0 Å². The molecule has 5 nitrogen and oxygen atoms in total. The molecule has 5 heteroatoms. The van der Waals surface area contributed by atoms with E-state index in [1.807, 2.05) is 6.07 Å². The normalized spacial score (nSPS) is 14.5. The molecule has 92 valence electrons. The Balaban J connectivity index is 2.03. The first-order valence-corrected chi connectivity index (χ1v) is 6.14. The lowest BCUT2D eigenvalue weighted by Gasteiger charge is -2.18. The number of anilines is 1. The van der Waals surface area contributed by atoms with Crippen LogP contribution in [0.15, 0.2) is 12.1 Å². The van der Waals surface area contributed by atoms with Crippen LogP contribution in [0.2, 0.25) is 0 Å². The average Bonchev–Trinajstić information content (AvgIpc) is 3.15. The van der Waals surface area contributed by atoms with Gasteiger partial charge in [-0.25, -0.2) is 0 Å². The Bertz CT molecular complexity index is 382. The summed E-state index contributed by atoms with van der Waals surface area (Å²) in [4.78, 5) is 13.8. The van der Waals surface area contributed by atoms with E-state index in [0.717, 1.165) is 31.7 Å². The van der Waals surface area contributed by atoms with E-state index in [0.29, 0.717) is 11.7 Å². The van der Waals surface area contributed by atoms with Gasteiger partial charge in [0, 0.05) is 19.1 Å². The van der Waals surface area contributed by atoms with E-state index in [-0.39, 0.29) is 5.91 Å². The van der Waals surface area contributed by atoms with Crippen molar-refractivity contribution in [3.63, 3.8) is 0 Å². The Kier molecular flexibility index (Phi) is 3.56. The minimum Gasteiger partial charge on any atom is -0.356 e. The number of nitrogens with zero attached hydrogens (tertiary/aromatic N) is 3. The summed E-state index contributed by atoms with van der Waals surface area (Å²) in [6.07, 6.45) is 2.16. The summed E-state index contributed by atoms with van der Waals surface area (Å²) in [5.41, 5.74) is 0.396. The lowest BCUT2D eigenvalue weighted by Crippen LogP contribution is -2.27.